The molecule has 0 spiro atoms. The van der Waals surface area contributed by atoms with Crippen LogP contribution >= 0.6 is 22.9 Å². The number of likely N-dealkylation sites (tertiary alicyclic amines) is 1. The van der Waals surface area contributed by atoms with Crippen molar-refractivity contribution in [1.29, 1.82) is 0 Å². The molecule has 1 aliphatic rings. The van der Waals surface area contributed by atoms with Gasteiger partial charge in [0, 0.05) is 23.2 Å². The monoisotopic (exact) mass is 307 g/mol. The first-order valence-electron chi connectivity index (χ1n) is 7.04. The predicted molar refractivity (Wildman–Crippen MR) is 85.9 cm³/mol. The van der Waals surface area contributed by atoms with Crippen LogP contribution in [0.3, 0.4) is 0 Å². The minimum Gasteiger partial charge on any atom is -0.338 e. The molecule has 1 atom stereocenters. The van der Waals surface area contributed by atoms with E-state index < -0.39 is 0 Å². The number of amides is 1. The van der Waals surface area contributed by atoms with E-state index in [-0.39, 0.29) is 5.91 Å². The maximum absolute atomic E-state index is 12.7. The highest BCUT2D eigenvalue weighted by atomic mass is 35.5. The number of hydrogen-bond acceptors (Lipinski definition) is 2. The zero-order valence-electron chi connectivity index (χ0n) is 11.8. The largest absolute Gasteiger partial charge is 0.338 e. The maximum atomic E-state index is 12.7. The van der Waals surface area contributed by atoms with Crippen LogP contribution in [0, 0.1) is 12.8 Å². The Labute approximate surface area is 128 Å². The summed E-state index contributed by atoms with van der Waals surface area (Å²) >= 11 is 7.94. The van der Waals surface area contributed by atoms with Crippen molar-refractivity contribution < 1.29 is 4.79 Å². The molecule has 1 unspecified atom stereocenters. The van der Waals surface area contributed by atoms with Crippen molar-refractivity contribution in [1.82, 2.24) is 4.90 Å². The number of piperidine rings is 1. The Morgan fingerprint density at radius 2 is 2.25 bits per heavy atom. The lowest BCUT2D eigenvalue weighted by Crippen LogP contribution is -2.38. The second-order valence-electron chi connectivity index (χ2n) is 5.74. The molecule has 1 aliphatic heterocycles. The van der Waals surface area contributed by atoms with Crippen molar-refractivity contribution in [2.45, 2.75) is 26.7 Å². The molecular weight excluding hydrogens is 290 g/mol. The topological polar surface area (TPSA) is 20.3 Å². The van der Waals surface area contributed by atoms with Crippen LogP contribution in [-0.4, -0.2) is 23.9 Å². The molecule has 3 rings (SSSR count). The third-order valence-corrected chi connectivity index (χ3v) is 5.57. The number of hydrogen-bond donors (Lipinski definition) is 0. The molecule has 0 aliphatic carbocycles. The summed E-state index contributed by atoms with van der Waals surface area (Å²) in [4.78, 5) is 15.3. The van der Waals surface area contributed by atoms with Gasteiger partial charge in [0.15, 0.2) is 0 Å². The highest BCUT2D eigenvalue weighted by molar-refractivity contribution is 7.21. The van der Waals surface area contributed by atoms with E-state index in [9.17, 15) is 4.79 Å². The van der Waals surface area contributed by atoms with Crippen molar-refractivity contribution in [2.75, 3.05) is 13.1 Å². The van der Waals surface area contributed by atoms with Crippen LogP contribution in [0.1, 0.15) is 35.0 Å². The lowest BCUT2D eigenvalue weighted by atomic mass is 10.0. The van der Waals surface area contributed by atoms with E-state index in [4.69, 9.17) is 11.6 Å². The molecule has 1 amide bonds. The van der Waals surface area contributed by atoms with Gasteiger partial charge < -0.3 is 4.90 Å². The molecule has 0 saturated carbocycles. The van der Waals surface area contributed by atoms with Crippen molar-refractivity contribution >= 4 is 38.9 Å². The van der Waals surface area contributed by atoms with Crippen LogP contribution in [0.5, 0.6) is 0 Å². The summed E-state index contributed by atoms with van der Waals surface area (Å²) in [5, 5.41) is 1.61. The minimum absolute atomic E-state index is 0.0976. The van der Waals surface area contributed by atoms with Gasteiger partial charge in [0.1, 0.15) is 4.88 Å². The summed E-state index contributed by atoms with van der Waals surface area (Å²) in [5.41, 5.74) is 1.20. The average molecular weight is 308 g/mol. The van der Waals surface area contributed by atoms with Crippen LogP contribution in [0.25, 0.3) is 10.1 Å². The Morgan fingerprint density at radius 1 is 1.45 bits per heavy atom. The Hall–Kier alpha value is -1.06. The first-order chi connectivity index (χ1) is 9.56. The van der Waals surface area contributed by atoms with Gasteiger partial charge >= 0.3 is 0 Å². The molecule has 0 bridgehead atoms. The molecule has 1 saturated heterocycles. The Bertz CT molecular complexity index is 664. The molecule has 2 heterocycles. The summed E-state index contributed by atoms with van der Waals surface area (Å²) in [5.74, 6) is 0.684. The van der Waals surface area contributed by atoms with E-state index >= 15 is 0 Å². The lowest BCUT2D eigenvalue weighted by molar-refractivity contribution is 0.0688. The van der Waals surface area contributed by atoms with E-state index in [0.717, 1.165) is 29.6 Å². The zero-order valence-corrected chi connectivity index (χ0v) is 13.4. The molecular formula is C16H18ClNOS. The third kappa shape index (κ3) is 2.45. The lowest BCUT2D eigenvalue weighted by Gasteiger charge is -2.30. The number of fused-ring (bicyclic) bond motifs is 1. The van der Waals surface area contributed by atoms with Gasteiger partial charge in [-0.25, -0.2) is 0 Å². The van der Waals surface area contributed by atoms with E-state index in [0.29, 0.717) is 15.8 Å². The summed E-state index contributed by atoms with van der Waals surface area (Å²) in [7, 11) is 0. The van der Waals surface area contributed by atoms with Crippen molar-refractivity contribution in [3.8, 4) is 0 Å². The number of thiophene rings is 1. The zero-order chi connectivity index (χ0) is 14.3. The Kier molecular flexibility index (Phi) is 3.74. The van der Waals surface area contributed by atoms with Gasteiger partial charge in [-0.1, -0.05) is 30.7 Å². The average Bonchev–Trinajstić information content (AvgIpc) is 2.74. The van der Waals surface area contributed by atoms with Gasteiger partial charge in [0.05, 0.1) is 5.02 Å². The number of carbonyl (C=O) groups is 1. The van der Waals surface area contributed by atoms with Crippen molar-refractivity contribution in [3.63, 3.8) is 0 Å². The number of halogens is 1. The van der Waals surface area contributed by atoms with Crippen molar-refractivity contribution in [3.05, 3.63) is 33.7 Å². The first-order valence-corrected chi connectivity index (χ1v) is 8.23. The van der Waals surface area contributed by atoms with Crippen LogP contribution in [0.15, 0.2) is 18.2 Å². The van der Waals surface area contributed by atoms with Crippen LogP contribution in [-0.2, 0) is 0 Å². The molecule has 20 heavy (non-hydrogen) atoms. The number of aryl methyl sites for hydroxylation is 1. The molecule has 1 aromatic heterocycles. The molecule has 4 heteroatoms. The predicted octanol–water partition coefficient (Wildman–Crippen LogP) is 4.74. The maximum Gasteiger partial charge on any atom is 0.265 e. The molecule has 2 aromatic rings. The highest BCUT2D eigenvalue weighted by Crippen LogP contribution is 2.37. The van der Waals surface area contributed by atoms with Crippen molar-refractivity contribution in [2.24, 2.45) is 5.92 Å². The smallest absolute Gasteiger partial charge is 0.265 e. The number of rotatable bonds is 1. The molecule has 1 fully saturated rings. The van der Waals surface area contributed by atoms with E-state index in [1.807, 2.05) is 17.0 Å². The standard InChI is InChI=1S/C16H18ClNOS/c1-10-5-6-12-13(8-10)20-15(14(12)17)16(19)18-7-3-4-11(2)9-18/h5-6,8,11H,3-4,7,9H2,1-2H3. The van der Waals surface area contributed by atoms with Gasteiger partial charge in [-0.2, -0.15) is 0 Å². The molecule has 106 valence electrons. The van der Waals surface area contributed by atoms with Crippen LogP contribution < -0.4 is 0 Å². The Balaban J connectivity index is 1.97. The van der Waals surface area contributed by atoms with Gasteiger partial charge in [-0.15, -0.1) is 11.3 Å². The van der Waals surface area contributed by atoms with E-state index in [2.05, 4.69) is 19.9 Å². The summed E-state index contributed by atoms with van der Waals surface area (Å²) in [6.07, 6.45) is 2.30. The normalized spacial score (nSPS) is 19.6. The molecule has 1 aromatic carbocycles. The minimum atomic E-state index is 0.0976. The number of carbonyl (C=O) groups excluding carboxylic acids is 1. The van der Waals surface area contributed by atoms with E-state index in [1.165, 1.54) is 23.3 Å². The second-order valence-corrected chi connectivity index (χ2v) is 7.17. The quantitative estimate of drug-likeness (QED) is 0.745. The SMILES string of the molecule is Cc1ccc2c(Cl)c(C(=O)N3CCCC(C)C3)sc2c1. The van der Waals surface area contributed by atoms with Gasteiger partial charge in [-0.3, -0.25) is 4.79 Å². The van der Waals surface area contributed by atoms with Crippen LogP contribution in [0.4, 0.5) is 0 Å². The molecule has 0 N–H and O–H groups in total. The van der Waals surface area contributed by atoms with Gasteiger partial charge in [-0.05, 0) is 37.3 Å². The summed E-state index contributed by atoms with van der Waals surface area (Å²) in [6, 6.07) is 6.15. The molecule has 2 nitrogen and oxygen atoms in total. The first kappa shape index (κ1) is 13.9. The fraction of sp³-hybridized carbons (Fsp3) is 0.438. The number of nitrogens with zero attached hydrogens (tertiary/aromatic N) is 1. The Morgan fingerprint density at radius 3 is 3.00 bits per heavy atom. The van der Waals surface area contributed by atoms with E-state index in [1.54, 1.807) is 0 Å². The molecule has 0 radical (unpaired) electrons. The second kappa shape index (κ2) is 5.38. The van der Waals surface area contributed by atoms with Crippen LogP contribution in [0.2, 0.25) is 5.02 Å². The third-order valence-electron chi connectivity index (χ3n) is 3.92. The number of benzene rings is 1. The fourth-order valence-corrected chi connectivity index (χ4v) is 4.41. The van der Waals surface area contributed by atoms with Gasteiger partial charge in [0.2, 0.25) is 0 Å². The highest BCUT2D eigenvalue weighted by Gasteiger charge is 2.26. The summed E-state index contributed by atoms with van der Waals surface area (Å²) in [6.45, 7) is 5.96. The summed E-state index contributed by atoms with van der Waals surface area (Å²) < 4.78 is 1.10. The fourth-order valence-electron chi connectivity index (χ4n) is 2.83. The van der Waals surface area contributed by atoms with Gasteiger partial charge in [0.25, 0.3) is 5.91 Å².